The van der Waals surface area contributed by atoms with Gasteiger partial charge in [0.1, 0.15) is 29.5 Å². The van der Waals surface area contributed by atoms with Crippen molar-refractivity contribution < 1.29 is 37.3 Å². The number of benzene rings is 5. The number of carboxylic acids is 1. The van der Waals surface area contributed by atoms with Crippen LogP contribution in [-0.4, -0.2) is 45.6 Å². The first-order chi connectivity index (χ1) is 30.4. The van der Waals surface area contributed by atoms with Crippen molar-refractivity contribution >= 4 is 11.9 Å². The smallest absolute Gasteiger partial charge is 0.326 e. The predicted octanol–water partition coefficient (Wildman–Crippen LogP) is 10.2. The van der Waals surface area contributed by atoms with Gasteiger partial charge in [0.2, 0.25) is 5.91 Å². The third-order valence-electron chi connectivity index (χ3n) is 12.5. The van der Waals surface area contributed by atoms with Crippen LogP contribution in [-0.2, 0) is 41.9 Å². The van der Waals surface area contributed by atoms with Gasteiger partial charge in [-0.05, 0) is 150 Å². The number of hydrogen-bond donors (Lipinski definition) is 2. The number of carboxylic acid groups (broad SMARTS) is 1. The Kier molecular flexibility index (Phi) is 12.9. The molecule has 0 saturated heterocycles. The molecule has 2 N–H and O–H groups in total. The number of fused-ring (bicyclic) bond motifs is 2. The number of aliphatic carboxylic acids is 1. The Morgan fingerprint density at radius 3 is 2.40 bits per heavy atom. The van der Waals surface area contributed by atoms with Crippen LogP contribution in [0.4, 0.5) is 13.2 Å². The van der Waals surface area contributed by atoms with Crippen LogP contribution in [0.25, 0.3) is 11.1 Å². The summed E-state index contributed by atoms with van der Waals surface area (Å²) in [4.78, 5) is 33.3. The van der Waals surface area contributed by atoms with Gasteiger partial charge >= 0.3 is 5.97 Å². The Hall–Kier alpha value is -6.46. The summed E-state index contributed by atoms with van der Waals surface area (Å²) in [7, 11) is 0. The van der Waals surface area contributed by atoms with Crippen molar-refractivity contribution in [2.24, 2.45) is 0 Å². The summed E-state index contributed by atoms with van der Waals surface area (Å²) >= 11 is 0. The topological polar surface area (TPSA) is 101 Å². The Morgan fingerprint density at radius 1 is 0.873 bits per heavy atom. The van der Waals surface area contributed by atoms with Gasteiger partial charge in [-0.2, -0.15) is 0 Å². The van der Waals surface area contributed by atoms with Gasteiger partial charge in [-0.3, -0.25) is 14.7 Å². The molecule has 0 fully saturated rings. The molecule has 63 heavy (non-hydrogen) atoms. The number of pyridine rings is 1. The lowest BCUT2D eigenvalue weighted by Gasteiger charge is -2.37. The number of rotatable bonds is 13. The van der Waals surface area contributed by atoms with Crippen molar-refractivity contribution in [3.63, 3.8) is 0 Å². The zero-order valence-electron chi connectivity index (χ0n) is 35.5. The molecule has 0 saturated carbocycles. The summed E-state index contributed by atoms with van der Waals surface area (Å²) in [6.45, 7) is 7.07. The minimum atomic E-state index is -1.17. The summed E-state index contributed by atoms with van der Waals surface area (Å²) in [5.41, 5.74) is 10.2. The van der Waals surface area contributed by atoms with E-state index in [0.717, 1.165) is 68.4 Å². The second kappa shape index (κ2) is 18.9. The number of nitrogens with zero attached hydrogens (tertiary/aromatic N) is 2. The monoisotopic (exact) mass is 853 g/mol. The standard InChI is InChI=1S/C52H50F3N3O5/c1-4-49(38-14-17-45(54)46(55)26-38)63-43-15-12-35(13-16-43)37-19-21-62-50-28-39-27-48(58(30-41(39)25-40(50)24-37)29-34-6-5-7-42(53)22-34)51(59)57-47(52(60)61)23-33-8-10-36(11-9-33)44-18-20-56-32(3)31(44)2/h5-18,20,22,25-26,28,37,47-49H,4,19,21,23-24,27,29-30H2,1-3H3,(H,57,59)(H,60,61)/t37-,47+,48+,49-/m1/s1. The minimum Gasteiger partial charge on any atom is -0.493 e. The Balaban J connectivity index is 0.992. The van der Waals surface area contributed by atoms with Crippen molar-refractivity contribution in [1.29, 1.82) is 0 Å². The van der Waals surface area contributed by atoms with E-state index in [2.05, 4.69) is 16.4 Å². The summed E-state index contributed by atoms with van der Waals surface area (Å²) in [5.74, 6) is -2.20. The molecule has 5 aromatic carbocycles. The highest BCUT2D eigenvalue weighted by atomic mass is 19.2. The normalized spacial score (nSPS) is 17.0. The van der Waals surface area contributed by atoms with Gasteiger partial charge in [-0.15, -0.1) is 0 Å². The minimum absolute atomic E-state index is 0.0949. The molecule has 1 aromatic heterocycles. The summed E-state index contributed by atoms with van der Waals surface area (Å²) in [5, 5.41) is 13.2. The maximum Gasteiger partial charge on any atom is 0.326 e. The Labute approximate surface area is 365 Å². The van der Waals surface area contributed by atoms with Gasteiger partial charge in [0.15, 0.2) is 11.6 Å². The summed E-state index contributed by atoms with van der Waals surface area (Å²) < 4.78 is 54.5. The molecule has 0 bridgehead atoms. The van der Waals surface area contributed by atoms with Crippen molar-refractivity contribution in [2.45, 2.75) is 90.1 Å². The maximum absolute atomic E-state index is 14.4. The van der Waals surface area contributed by atoms with Crippen LogP contribution in [0.15, 0.2) is 115 Å². The van der Waals surface area contributed by atoms with E-state index in [0.29, 0.717) is 49.3 Å². The lowest BCUT2D eigenvalue weighted by molar-refractivity contribution is -0.142. The fourth-order valence-electron chi connectivity index (χ4n) is 8.83. The molecule has 3 heterocycles. The SMILES string of the molecule is CC[C@@H](Oc1ccc([C@@H]2CCOc3cc4c(cc3C2)CN(Cc2cccc(F)c2)[C@H](C(=O)N[C@@H](Cc2ccc(-c3ccnc(C)c3C)cc2)C(=O)O)C4)cc1)c1ccc(F)c(F)c1. The molecule has 11 heteroatoms. The molecule has 4 atom stereocenters. The fourth-order valence-corrected chi connectivity index (χ4v) is 8.83. The lowest BCUT2D eigenvalue weighted by Crippen LogP contribution is -2.54. The van der Waals surface area contributed by atoms with Gasteiger partial charge in [-0.25, -0.2) is 18.0 Å². The number of halogens is 3. The van der Waals surface area contributed by atoms with Crippen LogP contribution < -0.4 is 14.8 Å². The lowest BCUT2D eigenvalue weighted by atomic mass is 9.86. The van der Waals surface area contributed by atoms with E-state index in [9.17, 15) is 27.9 Å². The summed E-state index contributed by atoms with van der Waals surface area (Å²) in [6, 6.07) is 30.0. The van der Waals surface area contributed by atoms with E-state index in [1.807, 2.05) is 92.4 Å². The average molecular weight is 854 g/mol. The highest BCUT2D eigenvalue weighted by Gasteiger charge is 2.35. The Morgan fingerprint density at radius 2 is 1.67 bits per heavy atom. The van der Waals surface area contributed by atoms with Crippen LogP contribution in [0.3, 0.4) is 0 Å². The van der Waals surface area contributed by atoms with E-state index in [1.54, 1.807) is 18.3 Å². The van der Waals surface area contributed by atoms with Crippen LogP contribution in [0.2, 0.25) is 0 Å². The first kappa shape index (κ1) is 43.2. The van der Waals surface area contributed by atoms with E-state index in [4.69, 9.17) is 9.47 Å². The second-order valence-corrected chi connectivity index (χ2v) is 16.6. The second-order valence-electron chi connectivity index (χ2n) is 16.6. The predicted molar refractivity (Wildman–Crippen MR) is 235 cm³/mol. The molecular weight excluding hydrogens is 804 g/mol. The molecule has 0 spiro atoms. The Bertz CT molecular complexity index is 2620. The molecule has 8 rings (SSSR count). The van der Waals surface area contributed by atoms with Crippen LogP contribution >= 0.6 is 0 Å². The van der Waals surface area contributed by atoms with Crippen molar-refractivity contribution in [2.75, 3.05) is 6.61 Å². The van der Waals surface area contributed by atoms with E-state index >= 15 is 0 Å². The number of carbonyl (C=O) groups is 2. The number of carbonyl (C=O) groups excluding carboxylic acids is 1. The molecule has 8 nitrogen and oxygen atoms in total. The van der Waals surface area contributed by atoms with Crippen molar-refractivity contribution in [3.05, 3.63) is 183 Å². The number of nitrogens with one attached hydrogen (secondary N) is 1. The maximum atomic E-state index is 14.4. The van der Waals surface area contributed by atoms with Crippen molar-refractivity contribution in [3.8, 4) is 22.6 Å². The number of aryl methyl sites for hydroxylation is 1. The fraction of sp³-hybridized carbons (Fsp3) is 0.288. The number of amides is 1. The van der Waals surface area contributed by atoms with E-state index in [1.165, 1.54) is 18.2 Å². The number of hydrogen-bond acceptors (Lipinski definition) is 6. The molecular formula is C52H50F3N3O5. The molecule has 2 aliphatic heterocycles. The van der Waals surface area contributed by atoms with Gasteiger partial charge in [-0.1, -0.05) is 67.6 Å². The van der Waals surface area contributed by atoms with Gasteiger partial charge < -0.3 is 19.9 Å². The highest BCUT2D eigenvalue weighted by Crippen LogP contribution is 2.38. The third-order valence-corrected chi connectivity index (χ3v) is 12.5. The van der Waals surface area contributed by atoms with Gasteiger partial charge in [0.25, 0.3) is 0 Å². The average Bonchev–Trinajstić information content (AvgIpc) is 3.48. The number of ether oxygens (including phenoxy) is 2. The zero-order valence-corrected chi connectivity index (χ0v) is 35.5. The van der Waals surface area contributed by atoms with Crippen LogP contribution in [0.5, 0.6) is 11.5 Å². The van der Waals surface area contributed by atoms with Crippen molar-refractivity contribution in [1.82, 2.24) is 15.2 Å². The highest BCUT2D eigenvalue weighted by molar-refractivity contribution is 5.87. The van der Waals surface area contributed by atoms with Gasteiger partial charge in [0.05, 0.1) is 12.6 Å². The molecule has 0 radical (unpaired) electrons. The van der Waals surface area contributed by atoms with E-state index < -0.39 is 41.7 Å². The molecule has 0 unspecified atom stereocenters. The third kappa shape index (κ3) is 9.94. The molecule has 1 amide bonds. The molecule has 0 aliphatic carbocycles. The van der Waals surface area contributed by atoms with Crippen LogP contribution in [0.1, 0.15) is 82.0 Å². The first-order valence-corrected chi connectivity index (χ1v) is 21.4. The van der Waals surface area contributed by atoms with E-state index in [-0.39, 0.29) is 24.7 Å². The summed E-state index contributed by atoms with van der Waals surface area (Å²) in [6.07, 6.45) is 3.80. The number of aromatic nitrogens is 1. The zero-order chi connectivity index (χ0) is 44.2. The quantitative estimate of drug-likeness (QED) is 0.119. The van der Waals surface area contributed by atoms with Crippen LogP contribution in [0, 0.1) is 31.3 Å². The van der Waals surface area contributed by atoms with Gasteiger partial charge in [0, 0.05) is 31.4 Å². The molecule has 6 aromatic rings. The largest absolute Gasteiger partial charge is 0.493 e. The molecule has 2 aliphatic rings. The molecule has 324 valence electrons. The first-order valence-electron chi connectivity index (χ1n) is 21.4.